The summed E-state index contributed by atoms with van der Waals surface area (Å²) < 4.78 is 2.37. The van der Waals surface area contributed by atoms with Crippen molar-refractivity contribution in [1.29, 1.82) is 0 Å². The average molecular weight is 417 g/mol. The highest BCUT2D eigenvalue weighted by Gasteiger charge is 2.28. The van der Waals surface area contributed by atoms with E-state index in [0.29, 0.717) is 6.04 Å². The van der Waals surface area contributed by atoms with E-state index in [0.717, 1.165) is 22.9 Å². The smallest absolute Gasteiger partial charge is 0.0359 e. The Balaban J connectivity index is 2.14. The zero-order valence-corrected chi connectivity index (χ0v) is 16.3. The monoisotopic (exact) mass is 415 g/mol. The topological polar surface area (TPSA) is 12.0 Å². The van der Waals surface area contributed by atoms with Crippen LogP contribution in [0.2, 0.25) is 0 Å². The van der Waals surface area contributed by atoms with Crippen LogP contribution in [-0.2, 0) is 0 Å². The first-order chi connectivity index (χ1) is 10.2. The van der Waals surface area contributed by atoms with Crippen molar-refractivity contribution in [3.8, 4) is 0 Å². The number of hydrogen-bond donors (Lipinski definition) is 1. The molecule has 1 aromatic rings. The Labute approximate surface area is 146 Å². The summed E-state index contributed by atoms with van der Waals surface area (Å²) in [6, 6.07) is 7.10. The van der Waals surface area contributed by atoms with Crippen LogP contribution >= 0.6 is 31.9 Å². The molecule has 0 bridgehead atoms. The van der Waals surface area contributed by atoms with Gasteiger partial charge in [0.05, 0.1) is 0 Å². The van der Waals surface area contributed by atoms with E-state index in [2.05, 4.69) is 69.2 Å². The molecule has 0 amide bonds. The molecule has 1 saturated carbocycles. The fraction of sp³-hybridized carbons (Fsp3) is 0.667. The van der Waals surface area contributed by atoms with Crippen LogP contribution in [0.1, 0.15) is 64.0 Å². The number of halogens is 2. The lowest BCUT2D eigenvalue weighted by atomic mass is 9.76. The van der Waals surface area contributed by atoms with Crippen molar-refractivity contribution in [3.63, 3.8) is 0 Å². The molecule has 0 heterocycles. The molecule has 21 heavy (non-hydrogen) atoms. The van der Waals surface area contributed by atoms with Crippen LogP contribution in [-0.4, -0.2) is 6.54 Å². The van der Waals surface area contributed by atoms with E-state index >= 15 is 0 Å². The van der Waals surface area contributed by atoms with E-state index in [9.17, 15) is 0 Å². The van der Waals surface area contributed by atoms with Gasteiger partial charge in [0.15, 0.2) is 0 Å². The minimum absolute atomic E-state index is 0.491. The van der Waals surface area contributed by atoms with Crippen molar-refractivity contribution in [2.24, 2.45) is 11.8 Å². The molecule has 1 N–H and O–H groups in total. The van der Waals surface area contributed by atoms with Crippen LogP contribution in [0.5, 0.6) is 0 Å². The first-order valence-electron chi connectivity index (χ1n) is 8.34. The Hall–Kier alpha value is 0.140. The maximum absolute atomic E-state index is 3.80. The highest BCUT2D eigenvalue weighted by Crippen LogP contribution is 2.40. The number of nitrogens with one attached hydrogen (secondary N) is 1. The molecule has 1 atom stereocenters. The molecular weight excluding hydrogens is 390 g/mol. The van der Waals surface area contributed by atoms with Gasteiger partial charge in [-0.2, -0.15) is 0 Å². The maximum atomic E-state index is 3.80. The molecule has 1 aliphatic carbocycles. The van der Waals surface area contributed by atoms with Crippen LogP contribution < -0.4 is 5.32 Å². The van der Waals surface area contributed by atoms with E-state index in [-0.39, 0.29) is 0 Å². The van der Waals surface area contributed by atoms with Gasteiger partial charge < -0.3 is 5.32 Å². The zero-order chi connectivity index (χ0) is 15.2. The van der Waals surface area contributed by atoms with Gasteiger partial charge in [-0.1, -0.05) is 71.0 Å². The van der Waals surface area contributed by atoms with Crippen molar-refractivity contribution < 1.29 is 0 Å². The van der Waals surface area contributed by atoms with E-state index < -0.39 is 0 Å². The summed E-state index contributed by atoms with van der Waals surface area (Å²) in [5, 5.41) is 3.80. The first-order valence-corrected chi connectivity index (χ1v) is 9.92. The summed E-state index contributed by atoms with van der Waals surface area (Å²) in [4.78, 5) is 0. The molecule has 3 heteroatoms. The Morgan fingerprint density at radius 1 is 1.14 bits per heavy atom. The van der Waals surface area contributed by atoms with Crippen LogP contribution in [0.15, 0.2) is 27.1 Å². The number of benzene rings is 1. The van der Waals surface area contributed by atoms with Crippen molar-refractivity contribution in [2.75, 3.05) is 6.54 Å². The summed E-state index contributed by atoms with van der Waals surface area (Å²) in [6.45, 7) is 5.68. The van der Waals surface area contributed by atoms with E-state index in [1.807, 2.05) is 0 Å². The largest absolute Gasteiger partial charge is 0.310 e. The number of rotatable bonds is 6. The molecule has 2 rings (SSSR count). The van der Waals surface area contributed by atoms with Crippen LogP contribution in [0, 0.1) is 11.8 Å². The highest BCUT2D eigenvalue weighted by molar-refractivity contribution is 9.11. The number of hydrogen-bond acceptors (Lipinski definition) is 1. The Morgan fingerprint density at radius 2 is 1.86 bits per heavy atom. The Morgan fingerprint density at radius 3 is 2.43 bits per heavy atom. The van der Waals surface area contributed by atoms with Gasteiger partial charge in [0.2, 0.25) is 0 Å². The second-order valence-corrected chi connectivity index (χ2v) is 8.06. The summed E-state index contributed by atoms with van der Waals surface area (Å²) in [5.74, 6) is 1.73. The summed E-state index contributed by atoms with van der Waals surface area (Å²) in [5.41, 5.74) is 1.42. The average Bonchev–Trinajstić information content (AvgIpc) is 2.50. The molecule has 1 aromatic carbocycles. The lowest BCUT2D eigenvalue weighted by molar-refractivity contribution is 0.218. The normalized spacial score (nSPS) is 24.0. The Bertz CT molecular complexity index is 439. The maximum Gasteiger partial charge on any atom is 0.0359 e. The second-order valence-electron chi connectivity index (χ2n) is 6.29. The first kappa shape index (κ1) is 17.5. The van der Waals surface area contributed by atoms with Gasteiger partial charge in [-0.25, -0.2) is 0 Å². The molecule has 1 unspecified atom stereocenters. The summed E-state index contributed by atoms with van der Waals surface area (Å²) >= 11 is 7.32. The molecule has 1 fully saturated rings. The molecule has 0 radical (unpaired) electrons. The molecule has 1 nitrogen and oxygen atoms in total. The Kier molecular flexibility index (Phi) is 7.24. The lowest BCUT2D eigenvalue weighted by Crippen LogP contribution is -2.31. The third-order valence-electron chi connectivity index (χ3n) is 4.85. The lowest BCUT2D eigenvalue weighted by Gasteiger charge is -2.35. The molecule has 1 aliphatic rings. The van der Waals surface area contributed by atoms with Gasteiger partial charge >= 0.3 is 0 Å². The molecule has 0 spiro atoms. The predicted molar refractivity (Wildman–Crippen MR) is 98.6 cm³/mol. The van der Waals surface area contributed by atoms with E-state index in [1.54, 1.807) is 0 Å². The van der Waals surface area contributed by atoms with Gasteiger partial charge in [-0.05, 0) is 55.3 Å². The molecule has 0 aliphatic heterocycles. The molecular formula is C18H27Br2N. The van der Waals surface area contributed by atoms with Gasteiger partial charge in [0.25, 0.3) is 0 Å². The third kappa shape index (κ3) is 4.80. The second kappa shape index (κ2) is 8.69. The molecule has 0 aromatic heterocycles. The van der Waals surface area contributed by atoms with Crippen LogP contribution in [0.25, 0.3) is 0 Å². The molecule has 118 valence electrons. The predicted octanol–water partition coefficient (Wildman–Crippen LogP) is 6.47. The SMILES string of the molecule is CCCNC(c1ccc(Br)cc1Br)C1CCC(CC)CC1. The zero-order valence-electron chi connectivity index (χ0n) is 13.2. The van der Waals surface area contributed by atoms with Crippen molar-refractivity contribution in [1.82, 2.24) is 5.32 Å². The van der Waals surface area contributed by atoms with Crippen LogP contribution in [0.4, 0.5) is 0 Å². The fourth-order valence-corrected chi connectivity index (χ4v) is 4.81. The highest BCUT2D eigenvalue weighted by atomic mass is 79.9. The van der Waals surface area contributed by atoms with E-state index in [1.165, 1.54) is 48.6 Å². The van der Waals surface area contributed by atoms with Crippen molar-refractivity contribution in [3.05, 3.63) is 32.7 Å². The minimum Gasteiger partial charge on any atom is -0.310 e. The fourth-order valence-electron chi connectivity index (χ4n) is 3.51. The standard InChI is InChI=1S/C18H27Br2N/c1-3-11-21-18(14-7-5-13(4-2)6-8-14)16-10-9-15(19)12-17(16)20/h9-10,12-14,18,21H,3-8,11H2,1-2H3. The molecule has 0 saturated heterocycles. The van der Waals surface area contributed by atoms with Crippen molar-refractivity contribution >= 4 is 31.9 Å². The van der Waals surface area contributed by atoms with Gasteiger partial charge in [-0.15, -0.1) is 0 Å². The van der Waals surface area contributed by atoms with Crippen LogP contribution in [0.3, 0.4) is 0 Å². The minimum atomic E-state index is 0.491. The van der Waals surface area contributed by atoms with Gasteiger partial charge in [0, 0.05) is 15.0 Å². The third-order valence-corrected chi connectivity index (χ3v) is 6.03. The van der Waals surface area contributed by atoms with E-state index in [4.69, 9.17) is 0 Å². The van der Waals surface area contributed by atoms with Gasteiger partial charge in [0.1, 0.15) is 0 Å². The quantitative estimate of drug-likeness (QED) is 0.560. The van der Waals surface area contributed by atoms with Crippen molar-refractivity contribution in [2.45, 2.75) is 58.4 Å². The van der Waals surface area contributed by atoms with Gasteiger partial charge in [-0.3, -0.25) is 0 Å². The summed E-state index contributed by atoms with van der Waals surface area (Å²) in [6.07, 6.45) is 8.07. The summed E-state index contributed by atoms with van der Waals surface area (Å²) in [7, 11) is 0.